The third kappa shape index (κ3) is 4.08. The number of hydrogen-bond acceptors (Lipinski definition) is 3. The van der Waals surface area contributed by atoms with Crippen LogP contribution in [0, 0.1) is 5.92 Å². The van der Waals surface area contributed by atoms with Crippen molar-refractivity contribution in [2.24, 2.45) is 11.7 Å². The molecule has 4 nitrogen and oxygen atoms in total. The Kier molecular flexibility index (Phi) is 6.40. The van der Waals surface area contributed by atoms with Crippen LogP contribution in [0.5, 0.6) is 0 Å². The van der Waals surface area contributed by atoms with E-state index in [0.717, 1.165) is 25.9 Å². The molecule has 3 atom stereocenters. The zero-order valence-corrected chi connectivity index (χ0v) is 13.7. The summed E-state index contributed by atoms with van der Waals surface area (Å²) in [6.45, 7) is 6.70. The normalized spacial score (nSPS) is 22.8. The van der Waals surface area contributed by atoms with Crippen molar-refractivity contribution in [1.29, 1.82) is 0 Å². The number of carbonyl (C=O) groups excluding carboxylic acids is 1. The summed E-state index contributed by atoms with van der Waals surface area (Å²) in [6, 6.07) is 10.4. The second-order valence-corrected chi connectivity index (χ2v) is 6.12. The molecule has 4 heteroatoms. The minimum Gasteiger partial charge on any atom is -0.369 e. The van der Waals surface area contributed by atoms with Crippen molar-refractivity contribution in [1.82, 2.24) is 4.90 Å². The molecule has 0 saturated carbocycles. The number of carbonyl (C=O) groups is 1. The molecule has 1 heterocycles. The molecule has 1 aromatic rings. The lowest BCUT2D eigenvalue weighted by Gasteiger charge is -2.21. The summed E-state index contributed by atoms with van der Waals surface area (Å²) >= 11 is 0. The van der Waals surface area contributed by atoms with Gasteiger partial charge in [0.05, 0.1) is 0 Å². The standard InChI is InChI=1S/C18H28N2O2/c1-3-4-10-22-14(2)18(21)20-12-16(11-19)17(13-20)15-8-6-5-7-9-15/h5-9,14,16-17H,3-4,10-13,19H2,1-2H3/t14?,16-,17+/m1/s1. The van der Waals surface area contributed by atoms with Gasteiger partial charge in [-0.25, -0.2) is 0 Å². The Bertz CT molecular complexity index is 463. The van der Waals surface area contributed by atoms with Crippen LogP contribution >= 0.6 is 0 Å². The predicted octanol–water partition coefficient (Wildman–Crippen LogP) is 2.39. The van der Waals surface area contributed by atoms with Gasteiger partial charge in [0.1, 0.15) is 6.10 Å². The SMILES string of the molecule is CCCCOC(C)C(=O)N1C[C@@H](CN)[C@H](c2ccccc2)C1. The molecule has 1 aliphatic heterocycles. The molecule has 1 fully saturated rings. The number of benzene rings is 1. The van der Waals surface area contributed by atoms with Crippen molar-refractivity contribution in [2.45, 2.75) is 38.7 Å². The number of unbranched alkanes of at least 4 members (excludes halogenated alkanes) is 1. The van der Waals surface area contributed by atoms with Crippen LogP contribution in [0.4, 0.5) is 0 Å². The van der Waals surface area contributed by atoms with Crippen molar-refractivity contribution in [3.05, 3.63) is 35.9 Å². The van der Waals surface area contributed by atoms with Crippen LogP contribution in [-0.4, -0.2) is 43.2 Å². The number of likely N-dealkylation sites (tertiary alicyclic amines) is 1. The minimum atomic E-state index is -0.362. The van der Waals surface area contributed by atoms with Crippen LogP contribution in [0.3, 0.4) is 0 Å². The van der Waals surface area contributed by atoms with E-state index in [9.17, 15) is 4.79 Å². The molecule has 1 amide bonds. The highest BCUT2D eigenvalue weighted by molar-refractivity contribution is 5.81. The Hall–Kier alpha value is -1.39. The first-order valence-corrected chi connectivity index (χ1v) is 8.32. The van der Waals surface area contributed by atoms with Gasteiger partial charge in [0.25, 0.3) is 5.91 Å². The fraction of sp³-hybridized carbons (Fsp3) is 0.611. The van der Waals surface area contributed by atoms with E-state index in [1.807, 2.05) is 30.0 Å². The van der Waals surface area contributed by atoms with Crippen LogP contribution < -0.4 is 5.73 Å². The molecule has 0 radical (unpaired) electrons. The van der Waals surface area contributed by atoms with Crippen molar-refractivity contribution in [2.75, 3.05) is 26.2 Å². The highest BCUT2D eigenvalue weighted by Gasteiger charge is 2.36. The number of ether oxygens (including phenoxy) is 1. The zero-order chi connectivity index (χ0) is 15.9. The minimum absolute atomic E-state index is 0.0907. The lowest BCUT2D eigenvalue weighted by molar-refractivity contribution is -0.141. The topological polar surface area (TPSA) is 55.6 Å². The number of amides is 1. The van der Waals surface area contributed by atoms with Gasteiger partial charge in [-0.2, -0.15) is 0 Å². The summed E-state index contributed by atoms with van der Waals surface area (Å²) in [5.41, 5.74) is 7.20. The first-order valence-electron chi connectivity index (χ1n) is 8.32. The van der Waals surface area contributed by atoms with E-state index in [1.54, 1.807) is 0 Å². The number of nitrogens with two attached hydrogens (primary N) is 1. The Labute approximate surface area is 133 Å². The second kappa shape index (κ2) is 8.30. The van der Waals surface area contributed by atoms with Crippen molar-refractivity contribution in [3.63, 3.8) is 0 Å². The van der Waals surface area contributed by atoms with Gasteiger partial charge in [-0.15, -0.1) is 0 Å². The summed E-state index contributed by atoms with van der Waals surface area (Å²) in [6.07, 6.45) is 1.71. The summed E-state index contributed by atoms with van der Waals surface area (Å²) < 4.78 is 5.64. The van der Waals surface area contributed by atoms with Gasteiger partial charge in [0.15, 0.2) is 0 Å². The van der Waals surface area contributed by atoms with Crippen LogP contribution in [-0.2, 0) is 9.53 Å². The van der Waals surface area contributed by atoms with E-state index in [0.29, 0.717) is 25.0 Å². The third-order valence-electron chi connectivity index (χ3n) is 4.50. The fourth-order valence-electron chi connectivity index (χ4n) is 3.10. The Balaban J connectivity index is 1.97. The molecule has 0 aromatic heterocycles. The number of rotatable bonds is 7. The monoisotopic (exact) mass is 304 g/mol. The summed E-state index contributed by atoms with van der Waals surface area (Å²) in [5.74, 6) is 0.750. The summed E-state index contributed by atoms with van der Waals surface area (Å²) in [5, 5.41) is 0. The largest absolute Gasteiger partial charge is 0.369 e. The molecular formula is C18H28N2O2. The third-order valence-corrected chi connectivity index (χ3v) is 4.50. The maximum absolute atomic E-state index is 12.5. The quantitative estimate of drug-likeness (QED) is 0.787. The fourth-order valence-corrected chi connectivity index (χ4v) is 3.10. The summed E-state index contributed by atoms with van der Waals surface area (Å²) in [4.78, 5) is 14.5. The Morgan fingerprint density at radius 3 is 2.73 bits per heavy atom. The Morgan fingerprint density at radius 2 is 2.09 bits per heavy atom. The van der Waals surface area contributed by atoms with E-state index in [2.05, 4.69) is 19.1 Å². The molecule has 1 unspecified atom stereocenters. The molecule has 2 N–H and O–H groups in total. The van der Waals surface area contributed by atoms with E-state index >= 15 is 0 Å². The molecule has 2 rings (SSSR count). The van der Waals surface area contributed by atoms with Crippen LogP contribution in [0.25, 0.3) is 0 Å². The van der Waals surface area contributed by atoms with E-state index in [4.69, 9.17) is 10.5 Å². The van der Waals surface area contributed by atoms with Gasteiger partial charge in [0.2, 0.25) is 0 Å². The van der Waals surface area contributed by atoms with Gasteiger partial charge in [-0.1, -0.05) is 43.7 Å². The highest BCUT2D eigenvalue weighted by atomic mass is 16.5. The maximum Gasteiger partial charge on any atom is 0.251 e. The molecule has 1 aromatic carbocycles. The van der Waals surface area contributed by atoms with Gasteiger partial charge in [0, 0.05) is 25.6 Å². The van der Waals surface area contributed by atoms with Crippen LogP contribution in [0.2, 0.25) is 0 Å². The molecule has 122 valence electrons. The highest BCUT2D eigenvalue weighted by Crippen LogP contribution is 2.32. The molecule has 22 heavy (non-hydrogen) atoms. The number of hydrogen-bond donors (Lipinski definition) is 1. The van der Waals surface area contributed by atoms with E-state index in [-0.39, 0.29) is 12.0 Å². The molecule has 1 saturated heterocycles. The van der Waals surface area contributed by atoms with Crippen LogP contribution in [0.15, 0.2) is 30.3 Å². The molecule has 0 aliphatic carbocycles. The van der Waals surface area contributed by atoms with Crippen molar-refractivity contribution < 1.29 is 9.53 Å². The Morgan fingerprint density at radius 1 is 1.36 bits per heavy atom. The van der Waals surface area contributed by atoms with E-state index < -0.39 is 0 Å². The summed E-state index contributed by atoms with van der Waals surface area (Å²) in [7, 11) is 0. The van der Waals surface area contributed by atoms with Crippen LogP contribution in [0.1, 0.15) is 38.2 Å². The molecule has 0 spiro atoms. The van der Waals surface area contributed by atoms with Gasteiger partial charge < -0.3 is 15.4 Å². The van der Waals surface area contributed by atoms with E-state index in [1.165, 1.54) is 5.56 Å². The maximum atomic E-state index is 12.5. The van der Waals surface area contributed by atoms with Crippen molar-refractivity contribution in [3.8, 4) is 0 Å². The number of nitrogens with zero attached hydrogens (tertiary/aromatic N) is 1. The predicted molar refractivity (Wildman–Crippen MR) is 88.6 cm³/mol. The van der Waals surface area contributed by atoms with Gasteiger partial charge >= 0.3 is 0 Å². The molecular weight excluding hydrogens is 276 g/mol. The average molecular weight is 304 g/mol. The average Bonchev–Trinajstić information content (AvgIpc) is 2.99. The van der Waals surface area contributed by atoms with Gasteiger partial charge in [-0.05, 0) is 31.4 Å². The smallest absolute Gasteiger partial charge is 0.251 e. The first-order chi connectivity index (χ1) is 10.7. The lowest BCUT2D eigenvalue weighted by atomic mass is 9.89. The zero-order valence-electron chi connectivity index (χ0n) is 13.7. The molecule has 0 bridgehead atoms. The van der Waals surface area contributed by atoms with Crippen molar-refractivity contribution >= 4 is 5.91 Å². The first kappa shape index (κ1) is 17.0. The lowest BCUT2D eigenvalue weighted by Crippen LogP contribution is -2.38. The second-order valence-electron chi connectivity index (χ2n) is 6.12. The molecule has 1 aliphatic rings. The van der Waals surface area contributed by atoms with Gasteiger partial charge in [-0.3, -0.25) is 4.79 Å².